The Morgan fingerprint density at radius 2 is 2.33 bits per heavy atom. The van der Waals surface area contributed by atoms with Crippen molar-refractivity contribution in [1.29, 1.82) is 0 Å². The summed E-state index contributed by atoms with van der Waals surface area (Å²) in [5, 5.41) is 0. The molecule has 0 aromatic carbocycles. The fourth-order valence-electron chi connectivity index (χ4n) is 1.97. The zero-order valence-electron chi connectivity index (χ0n) is 9.15. The SMILES string of the molecule is COc1cncc(C(N)CC2CCC2)c1. The lowest BCUT2D eigenvalue weighted by atomic mass is 9.80. The molecule has 82 valence electrons. The number of hydrogen-bond donors (Lipinski definition) is 1. The van der Waals surface area contributed by atoms with Gasteiger partial charge in [0.25, 0.3) is 0 Å². The molecule has 0 radical (unpaired) electrons. The quantitative estimate of drug-likeness (QED) is 0.822. The van der Waals surface area contributed by atoms with Crippen LogP contribution in [0.1, 0.15) is 37.3 Å². The number of nitrogens with two attached hydrogens (primary N) is 1. The highest BCUT2D eigenvalue weighted by atomic mass is 16.5. The lowest BCUT2D eigenvalue weighted by molar-refractivity contribution is 0.277. The number of nitrogens with zero attached hydrogens (tertiary/aromatic N) is 1. The molecule has 1 atom stereocenters. The van der Waals surface area contributed by atoms with Crippen LogP contribution >= 0.6 is 0 Å². The number of ether oxygens (including phenoxy) is 1. The summed E-state index contributed by atoms with van der Waals surface area (Å²) in [7, 11) is 1.65. The van der Waals surface area contributed by atoms with Crippen LogP contribution in [0.5, 0.6) is 5.75 Å². The third-order valence-electron chi connectivity index (χ3n) is 3.21. The standard InChI is InChI=1S/C12H18N2O/c1-15-11-6-10(7-14-8-11)12(13)5-9-3-2-4-9/h6-9,12H,2-5,13H2,1H3. The first-order valence-electron chi connectivity index (χ1n) is 5.54. The molecule has 3 heteroatoms. The van der Waals surface area contributed by atoms with Gasteiger partial charge in [0.15, 0.2) is 0 Å². The van der Waals surface area contributed by atoms with Gasteiger partial charge >= 0.3 is 0 Å². The molecule has 1 heterocycles. The van der Waals surface area contributed by atoms with Gasteiger partial charge in [-0.1, -0.05) is 19.3 Å². The van der Waals surface area contributed by atoms with E-state index in [1.165, 1.54) is 19.3 Å². The molecule has 0 aliphatic heterocycles. The van der Waals surface area contributed by atoms with Gasteiger partial charge in [-0.25, -0.2) is 0 Å². The van der Waals surface area contributed by atoms with Crippen molar-refractivity contribution >= 4 is 0 Å². The van der Waals surface area contributed by atoms with E-state index in [0.717, 1.165) is 23.7 Å². The van der Waals surface area contributed by atoms with Gasteiger partial charge in [0.1, 0.15) is 5.75 Å². The highest BCUT2D eigenvalue weighted by Crippen LogP contribution is 2.34. The minimum absolute atomic E-state index is 0.109. The summed E-state index contributed by atoms with van der Waals surface area (Å²) in [6, 6.07) is 2.09. The number of rotatable bonds is 4. The second-order valence-electron chi connectivity index (χ2n) is 4.30. The summed E-state index contributed by atoms with van der Waals surface area (Å²) in [6.45, 7) is 0. The van der Waals surface area contributed by atoms with Crippen molar-refractivity contribution in [2.24, 2.45) is 11.7 Å². The first kappa shape index (κ1) is 10.4. The number of hydrogen-bond acceptors (Lipinski definition) is 3. The van der Waals surface area contributed by atoms with Gasteiger partial charge in [0.2, 0.25) is 0 Å². The van der Waals surface area contributed by atoms with E-state index < -0.39 is 0 Å². The second kappa shape index (κ2) is 4.62. The number of pyridine rings is 1. The molecule has 0 bridgehead atoms. The van der Waals surface area contributed by atoms with Crippen molar-refractivity contribution in [1.82, 2.24) is 4.98 Å². The van der Waals surface area contributed by atoms with Crippen LogP contribution in [-0.4, -0.2) is 12.1 Å². The van der Waals surface area contributed by atoms with Gasteiger partial charge < -0.3 is 10.5 Å². The van der Waals surface area contributed by atoms with Crippen LogP contribution < -0.4 is 10.5 Å². The Hall–Kier alpha value is -1.09. The molecule has 15 heavy (non-hydrogen) atoms. The molecule has 0 spiro atoms. The average molecular weight is 206 g/mol. The highest BCUT2D eigenvalue weighted by molar-refractivity contribution is 5.25. The molecule has 1 unspecified atom stereocenters. The van der Waals surface area contributed by atoms with Crippen molar-refractivity contribution in [3.8, 4) is 5.75 Å². The maximum Gasteiger partial charge on any atom is 0.137 e. The van der Waals surface area contributed by atoms with Crippen molar-refractivity contribution in [3.63, 3.8) is 0 Å². The van der Waals surface area contributed by atoms with E-state index in [1.54, 1.807) is 13.3 Å². The normalized spacial score (nSPS) is 18.3. The van der Waals surface area contributed by atoms with Crippen LogP contribution in [-0.2, 0) is 0 Å². The summed E-state index contributed by atoms with van der Waals surface area (Å²) in [5.41, 5.74) is 7.22. The number of aromatic nitrogens is 1. The predicted octanol–water partition coefficient (Wildman–Crippen LogP) is 2.28. The van der Waals surface area contributed by atoms with Crippen molar-refractivity contribution in [2.75, 3.05) is 7.11 Å². The topological polar surface area (TPSA) is 48.1 Å². The van der Waals surface area contributed by atoms with Crippen molar-refractivity contribution in [2.45, 2.75) is 31.7 Å². The van der Waals surface area contributed by atoms with Crippen LogP contribution in [0.4, 0.5) is 0 Å². The zero-order valence-corrected chi connectivity index (χ0v) is 9.15. The fourth-order valence-corrected chi connectivity index (χ4v) is 1.97. The average Bonchev–Trinajstić information content (AvgIpc) is 2.23. The van der Waals surface area contributed by atoms with E-state index in [-0.39, 0.29) is 6.04 Å². The molecular formula is C12H18N2O. The molecule has 1 aromatic heterocycles. The zero-order chi connectivity index (χ0) is 10.7. The Morgan fingerprint density at radius 1 is 1.53 bits per heavy atom. The molecule has 0 saturated heterocycles. The molecule has 2 N–H and O–H groups in total. The lowest BCUT2D eigenvalue weighted by Crippen LogP contribution is -2.20. The Balaban J connectivity index is 1.99. The second-order valence-corrected chi connectivity index (χ2v) is 4.30. The van der Waals surface area contributed by atoms with Crippen LogP contribution in [0.15, 0.2) is 18.5 Å². The fraction of sp³-hybridized carbons (Fsp3) is 0.583. The molecule has 1 aliphatic carbocycles. The van der Waals surface area contributed by atoms with E-state index >= 15 is 0 Å². The summed E-state index contributed by atoms with van der Waals surface area (Å²) in [4.78, 5) is 4.12. The Morgan fingerprint density at radius 3 is 2.93 bits per heavy atom. The Kier molecular flexibility index (Phi) is 3.21. The number of methoxy groups -OCH3 is 1. The van der Waals surface area contributed by atoms with Gasteiger partial charge in [-0.2, -0.15) is 0 Å². The van der Waals surface area contributed by atoms with Gasteiger partial charge in [-0.15, -0.1) is 0 Å². The largest absolute Gasteiger partial charge is 0.495 e. The maximum atomic E-state index is 6.13. The molecule has 1 aliphatic rings. The summed E-state index contributed by atoms with van der Waals surface area (Å²) >= 11 is 0. The van der Waals surface area contributed by atoms with Crippen LogP contribution in [0.25, 0.3) is 0 Å². The van der Waals surface area contributed by atoms with Gasteiger partial charge in [-0.3, -0.25) is 4.98 Å². The minimum Gasteiger partial charge on any atom is -0.495 e. The summed E-state index contributed by atoms with van der Waals surface area (Å²) < 4.78 is 5.13. The van der Waals surface area contributed by atoms with Crippen molar-refractivity contribution in [3.05, 3.63) is 24.0 Å². The van der Waals surface area contributed by atoms with Crippen LogP contribution in [0.3, 0.4) is 0 Å². The Bertz CT molecular complexity index is 323. The monoisotopic (exact) mass is 206 g/mol. The molecule has 0 amide bonds. The minimum atomic E-state index is 0.109. The molecule has 1 aromatic rings. The van der Waals surface area contributed by atoms with Gasteiger partial charge in [-0.05, 0) is 24.0 Å². The predicted molar refractivity (Wildman–Crippen MR) is 59.7 cm³/mol. The van der Waals surface area contributed by atoms with E-state index in [2.05, 4.69) is 4.98 Å². The summed E-state index contributed by atoms with van der Waals surface area (Å²) in [6.07, 6.45) is 8.67. The smallest absolute Gasteiger partial charge is 0.137 e. The molecule has 3 nitrogen and oxygen atoms in total. The molecule has 2 rings (SSSR count). The third kappa shape index (κ3) is 2.48. The third-order valence-corrected chi connectivity index (χ3v) is 3.21. The van der Waals surface area contributed by atoms with Gasteiger partial charge in [0, 0.05) is 12.2 Å². The Labute approximate surface area is 90.7 Å². The van der Waals surface area contributed by atoms with Crippen LogP contribution in [0.2, 0.25) is 0 Å². The van der Waals surface area contributed by atoms with E-state index in [9.17, 15) is 0 Å². The first-order valence-corrected chi connectivity index (χ1v) is 5.54. The summed E-state index contributed by atoms with van der Waals surface area (Å²) in [5.74, 6) is 1.61. The molecular weight excluding hydrogens is 188 g/mol. The van der Waals surface area contributed by atoms with Gasteiger partial charge in [0.05, 0.1) is 13.3 Å². The van der Waals surface area contributed by atoms with E-state index in [1.807, 2.05) is 12.3 Å². The molecule has 1 saturated carbocycles. The van der Waals surface area contributed by atoms with Crippen molar-refractivity contribution < 1.29 is 4.74 Å². The van der Waals surface area contributed by atoms with E-state index in [0.29, 0.717) is 0 Å². The maximum absolute atomic E-state index is 6.13. The van der Waals surface area contributed by atoms with Crippen LogP contribution in [0, 0.1) is 5.92 Å². The highest BCUT2D eigenvalue weighted by Gasteiger charge is 2.21. The molecule has 1 fully saturated rings. The van der Waals surface area contributed by atoms with E-state index in [4.69, 9.17) is 10.5 Å². The lowest BCUT2D eigenvalue weighted by Gasteiger charge is -2.28. The first-order chi connectivity index (χ1) is 7.29.